The Morgan fingerprint density at radius 1 is 0.828 bits per heavy atom. The van der Waals surface area contributed by atoms with Gasteiger partial charge in [-0.05, 0) is 36.4 Å². The molecule has 3 aromatic carbocycles. The zero-order valence-electron chi connectivity index (χ0n) is 15.0. The van der Waals surface area contributed by atoms with Crippen molar-refractivity contribution in [2.75, 3.05) is 11.9 Å². The van der Waals surface area contributed by atoms with Crippen LogP contribution in [0.15, 0.2) is 72.8 Å². The fourth-order valence-electron chi connectivity index (χ4n) is 2.52. The molecule has 146 valence electrons. The third-order valence-corrected chi connectivity index (χ3v) is 4.51. The Kier molecular flexibility index (Phi) is 6.65. The van der Waals surface area contributed by atoms with Gasteiger partial charge in [0, 0.05) is 16.3 Å². The SMILES string of the molecule is O=C(COC(=O)c1cccc(NC(=O)c2ccc(Cl)cc2Cl)c1)c1ccccc1. The van der Waals surface area contributed by atoms with Crippen LogP contribution in [-0.4, -0.2) is 24.3 Å². The highest BCUT2D eigenvalue weighted by Gasteiger charge is 2.14. The number of carbonyl (C=O) groups excluding carboxylic acids is 3. The topological polar surface area (TPSA) is 72.5 Å². The maximum Gasteiger partial charge on any atom is 0.338 e. The summed E-state index contributed by atoms with van der Waals surface area (Å²) in [5, 5.41) is 3.29. The fourth-order valence-corrected chi connectivity index (χ4v) is 3.01. The quantitative estimate of drug-likeness (QED) is 0.428. The number of hydrogen-bond acceptors (Lipinski definition) is 4. The van der Waals surface area contributed by atoms with Crippen LogP contribution in [0.5, 0.6) is 0 Å². The zero-order chi connectivity index (χ0) is 20.8. The highest BCUT2D eigenvalue weighted by molar-refractivity contribution is 6.37. The minimum absolute atomic E-state index is 0.200. The van der Waals surface area contributed by atoms with Gasteiger partial charge >= 0.3 is 5.97 Å². The van der Waals surface area contributed by atoms with Crippen molar-refractivity contribution in [1.82, 2.24) is 0 Å². The lowest BCUT2D eigenvalue weighted by Gasteiger charge is -2.09. The molecule has 29 heavy (non-hydrogen) atoms. The minimum atomic E-state index is -0.671. The second-order valence-corrected chi connectivity index (χ2v) is 6.87. The molecule has 0 saturated heterocycles. The highest BCUT2D eigenvalue weighted by atomic mass is 35.5. The van der Waals surface area contributed by atoms with Crippen molar-refractivity contribution < 1.29 is 19.1 Å². The minimum Gasteiger partial charge on any atom is -0.454 e. The molecule has 0 bridgehead atoms. The molecule has 3 aromatic rings. The van der Waals surface area contributed by atoms with E-state index in [1.807, 2.05) is 0 Å². The number of Topliss-reactive ketones (excluding diaryl/α,β-unsaturated/α-hetero) is 1. The molecule has 1 N–H and O–H groups in total. The summed E-state index contributed by atoms with van der Waals surface area (Å²) in [7, 11) is 0. The number of rotatable bonds is 6. The van der Waals surface area contributed by atoms with Crippen LogP contribution in [0.25, 0.3) is 0 Å². The number of anilines is 1. The van der Waals surface area contributed by atoms with Crippen LogP contribution in [0.4, 0.5) is 5.69 Å². The summed E-state index contributed by atoms with van der Waals surface area (Å²) in [5.41, 5.74) is 1.29. The van der Waals surface area contributed by atoms with E-state index in [1.54, 1.807) is 48.5 Å². The Bertz CT molecular complexity index is 1070. The summed E-state index contributed by atoms with van der Waals surface area (Å²) in [6.45, 7) is -0.375. The van der Waals surface area contributed by atoms with Gasteiger partial charge in [-0.1, -0.05) is 59.6 Å². The van der Waals surface area contributed by atoms with Gasteiger partial charge in [-0.15, -0.1) is 0 Å². The lowest BCUT2D eigenvalue weighted by atomic mass is 10.1. The van der Waals surface area contributed by atoms with Gasteiger partial charge < -0.3 is 10.1 Å². The van der Waals surface area contributed by atoms with Crippen molar-refractivity contribution in [3.05, 3.63) is 99.5 Å². The number of amides is 1. The highest BCUT2D eigenvalue weighted by Crippen LogP contribution is 2.22. The Balaban J connectivity index is 1.65. The smallest absolute Gasteiger partial charge is 0.338 e. The van der Waals surface area contributed by atoms with E-state index in [0.29, 0.717) is 16.3 Å². The van der Waals surface area contributed by atoms with E-state index < -0.39 is 11.9 Å². The Hall–Kier alpha value is -3.15. The maximum atomic E-state index is 12.4. The first-order valence-electron chi connectivity index (χ1n) is 8.56. The van der Waals surface area contributed by atoms with Crippen LogP contribution in [0.1, 0.15) is 31.1 Å². The van der Waals surface area contributed by atoms with E-state index in [9.17, 15) is 14.4 Å². The fraction of sp³-hybridized carbons (Fsp3) is 0.0455. The number of benzene rings is 3. The normalized spacial score (nSPS) is 10.3. The van der Waals surface area contributed by atoms with Crippen molar-refractivity contribution in [2.45, 2.75) is 0 Å². The van der Waals surface area contributed by atoms with Gasteiger partial charge in [0.2, 0.25) is 0 Å². The first-order chi connectivity index (χ1) is 13.9. The van der Waals surface area contributed by atoms with Crippen molar-refractivity contribution >= 4 is 46.5 Å². The summed E-state index contributed by atoms with van der Waals surface area (Å²) in [6.07, 6.45) is 0. The number of esters is 1. The number of halogens is 2. The molecule has 5 nitrogen and oxygen atoms in total. The van der Waals surface area contributed by atoms with Gasteiger partial charge in [-0.3, -0.25) is 9.59 Å². The van der Waals surface area contributed by atoms with Crippen LogP contribution in [0, 0.1) is 0 Å². The second-order valence-electron chi connectivity index (χ2n) is 6.02. The molecule has 0 spiro atoms. The Morgan fingerprint density at radius 3 is 2.28 bits per heavy atom. The largest absolute Gasteiger partial charge is 0.454 e. The molecule has 0 fully saturated rings. The van der Waals surface area contributed by atoms with Gasteiger partial charge in [0.15, 0.2) is 12.4 Å². The third-order valence-electron chi connectivity index (χ3n) is 3.96. The van der Waals surface area contributed by atoms with E-state index in [2.05, 4.69) is 5.32 Å². The van der Waals surface area contributed by atoms with Crippen molar-refractivity contribution in [2.24, 2.45) is 0 Å². The number of carbonyl (C=O) groups is 3. The molecular formula is C22H15Cl2NO4. The van der Waals surface area contributed by atoms with Gasteiger partial charge in [-0.25, -0.2) is 4.79 Å². The molecule has 0 saturated carbocycles. The lowest BCUT2D eigenvalue weighted by Crippen LogP contribution is -2.15. The molecule has 0 heterocycles. The molecule has 0 aliphatic carbocycles. The van der Waals surface area contributed by atoms with E-state index in [4.69, 9.17) is 27.9 Å². The Morgan fingerprint density at radius 2 is 1.55 bits per heavy atom. The summed E-state index contributed by atoms with van der Waals surface area (Å²) >= 11 is 11.9. The monoisotopic (exact) mass is 427 g/mol. The molecule has 0 atom stereocenters. The third kappa shape index (κ3) is 5.44. The van der Waals surface area contributed by atoms with Gasteiger partial charge in [-0.2, -0.15) is 0 Å². The van der Waals surface area contributed by atoms with Gasteiger partial charge in [0.1, 0.15) is 0 Å². The van der Waals surface area contributed by atoms with Crippen LogP contribution in [0.3, 0.4) is 0 Å². The zero-order valence-corrected chi connectivity index (χ0v) is 16.5. The first kappa shape index (κ1) is 20.6. The number of ketones is 1. The molecule has 0 aliphatic rings. The summed E-state index contributed by atoms with van der Waals surface area (Å²) in [5.74, 6) is -1.42. The average molecular weight is 428 g/mol. The van der Waals surface area contributed by atoms with Crippen LogP contribution >= 0.6 is 23.2 Å². The van der Waals surface area contributed by atoms with Crippen LogP contribution in [-0.2, 0) is 4.74 Å². The lowest BCUT2D eigenvalue weighted by molar-refractivity contribution is 0.0474. The summed E-state index contributed by atoms with van der Waals surface area (Å²) in [6, 6.07) is 19.3. The second kappa shape index (κ2) is 9.37. The van der Waals surface area contributed by atoms with E-state index >= 15 is 0 Å². The van der Waals surface area contributed by atoms with E-state index in [-0.39, 0.29) is 28.5 Å². The van der Waals surface area contributed by atoms with Gasteiger partial charge in [0.25, 0.3) is 5.91 Å². The number of ether oxygens (including phenoxy) is 1. The molecule has 0 aromatic heterocycles. The predicted molar refractivity (Wildman–Crippen MR) is 112 cm³/mol. The van der Waals surface area contributed by atoms with Gasteiger partial charge in [0.05, 0.1) is 16.1 Å². The molecule has 0 radical (unpaired) electrons. The van der Waals surface area contributed by atoms with E-state index in [1.165, 1.54) is 24.3 Å². The molecule has 1 amide bonds. The standard InChI is InChI=1S/C22H15Cl2NO4/c23-16-9-10-18(19(24)12-16)21(27)25-17-8-4-7-15(11-17)22(28)29-13-20(26)14-5-2-1-3-6-14/h1-12H,13H2,(H,25,27). The van der Waals surface area contributed by atoms with E-state index in [0.717, 1.165) is 0 Å². The molecule has 0 aliphatic heterocycles. The maximum absolute atomic E-state index is 12.4. The molecule has 7 heteroatoms. The summed E-state index contributed by atoms with van der Waals surface area (Å²) in [4.78, 5) is 36.7. The summed E-state index contributed by atoms with van der Waals surface area (Å²) < 4.78 is 5.08. The number of nitrogens with one attached hydrogen (secondary N) is 1. The Labute approximate surface area is 177 Å². The van der Waals surface area contributed by atoms with Crippen molar-refractivity contribution in [3.63, 3.8) is 0 Å². The van der Waals surface area contributed by atoms with Crippen molar-refractivity contribution in [3.8, 4) is 0 Å². The first-order valence-corrected chi connectivity index (χ1v) is 9.31. The van der Waals surface area contributed by atoms with Crippen LogP contribution < -0.4 is 5.32 Å². The molecule has 0 unspecified atom stereocenters. The molecular weight excluding hydrogens is 413 g/mol. The molecule has 3 rings (SSSR count). The predicted octanol–water partition coefficient (Wildman–Crippen LogP) is 5.29. The number of hydrogen-bond donors (Lipinski definition) is 1. The average Bonchev–Trinajstić information content (AvgIpc) is 2.72. The van der Waals surface area contributed by atoms with Crippen LogP contribution in [0.2, 0.25) is 10.0 Å². The van der Waals surface area contributed by atoms with Crippen molar-refractivity contribution in [1.29, 1.82) is 0 Å².